The van der Waals surface area contributed by atoms with Gasteiger partial charge in [0, 0.05) is 6.54 Å². The fraction of sp³-hybridized carbons (Fsp3) is 0.538. The predicted molar refractivity (Wildman–Crippen MR) is 77.8 cm³/mol. The van der Waals surface area contributed by atoms with Crippen LogP contribution in [-0.2, 0) is 0 Å². The van der Waals surface area contributed by atoms with Gasteiger partial charge in [0.2, 0.25) is 0 Å². The van der Waals surface area contributed by atoms with Crippen molar-refractivity contribution in [2.75, 3.05) is 18.1 Å². The number of nitrogens with one attached hydrogen (secondary N) is 1. The molecule has 1 aliphatic heterocycles. The van der Waals surface area contributed by atoms with Crippen LogP contribution in [0.3, 0.4) is 0 Å². The van der Waals surface area contributed by atoms with Crippen molar-refractivity contribution in [2.24, 2.45) is 0 Å². The number of carbonyl (C=O) groups is 1. The van der Waals surface area contributed by atoms with Gasteiger partial charge < -0.3 is 10.4 Å². The molecule has 0 radical (unpaired) electrons. The highest BCUT2D eigenvalue weighted by Crippen LogP contribution is 2.26. The van der Waals surface area contributed by atoms with Gasteiger partial charge in [0.05, 0.1) is 16.9 Å². The summed E-state index contributed by atoms with van der Waals surface area (Å²) in [7, 11) is 0. The third kappa shape index (κ3) is 3.84. The first-order valence-electron chi connectivity index (χ1n) is 6.22. The zero-order valence-electron chi connectivity index (χ0n) is 10.8. The van der Waals surface area contributed by atoms with Crippen LogP contribution in [0.5, 0.6) is 0 Å². The molecule has 1 aromatic rings. The van der Waals surface area contributed by atoms with Crippen molar-refractivity contribution in [1.29, 1.82) is 0 Å². The summed E-state index contributed by atoms with van der Waals surface area (Å²) in [5.74, 6) is 1.66. The standard InChI is InChI=1S/C13H17ClN2O2S/c1-9-10(2-3-11(14)16-9)12(17)15-8-13(18)4-6-19-7-5-13/h2-3,18H,4-8H2,1H3,(H,15,17). The van der Waals surface area contributed by atoms with E-state index in [1.54, 1.807) is 19.1 Å². The van der Waals surface area contributed by atoms with E-state index in [4.69, 9.17) is 11.6 Å². The molecule has 0 bridgehead atoms. The van der Waals surface area contributed by atoms with Crippen LogP contribution in [0.15, 0.2) is 12.1 Å². The Morgan fingerprint density at radius 1 is 1.53 bits per heavy atom. The van der Waals surface area contributed by atoms with Crippen molar-refractivity contribution < 1.29 is 9.90 Å². The fourth-order valence-electron chi connectivity index (χ4n) is 2.04. The van der Waals surface area contributed by atoms with Gasteiger partial charge in [-0.05, 0) is 43.4 Å². The summed E-state index contributed by atoms with van der Waals surface area (Å²) in [6.45, 7) is 2.03. The summed E-state index contributed by atoms with van der Waals surface area (Å²) in [5.41, 5.74) is 0.323. The number of rotatable bonds is 3. The van der Waals surface area contributed by atoms with Gasteiger partial charge in [-0.1, -0.05) is 11.6 Å². The lowest BCUT2D eigenvalue weighted by atomic mass is 9.97. The zero-order chi connectivity index (χ0) is 13.9. The minimum Gasteiger partial charge on any atom is -0.388 e. The molecule has 0 unspecified atom stereocenters. The normalized spacial score (nSPS) is 18.1. The Labute approximate surface area is 121 Å². The Balaban J connectivity index is 1.97. The van der Waals surface area contributed by atoms with Crippen LogP contribution in [0.4, 0.5) is 0 Å². The average molecular weight is 301 g/mol. The lowest BCUT2D eigenvalue weighted by molar-refractivity contribution is 0.0311. The van der Waals surface area contributed by atoms with Gasteiger partial charge in [-0.15, -0.1) is 0 Å². The Hall–Kier alpha value is -0.780. The average Bonchev–Trinajstić information content (AvgIpc) is 2.37. The van der Waals surface area contributed by atoms with Crippen LogP contribution < -0.4 is 5.32 Å². The van der Waals surface area contributed by atoms with Crippen molar-refractivity contribution in [2.45, 2.75) is 25.4 Å². The Kier molecular flexibility index (Phi) is 4.71. The zero-order valence-corrected chi connectivity index (χ0v) is 12.4. The number of thioether (sulfide) groups is 1. The third-order valence-electron chi connectivity index (χ3n) is 3.30. The molecule has 0 aromatic carbocycles. The highest BCUT2D eigenvalue weighted by molar-refractivity contribution is 7.99. The molecule has 2 rings (SSSR count). The molecule has 0 spiro atoms. The molecule has 0 saturated carbocycles. The monoisotopic (exact) mass is 300 g/mol. The number of hydrogen-bond acceptors (Lipinski definition) is 4. The number of halogens is 1. The van der Waals surface area contributed by atoms with Crippen LogP contribution in [0.1, 0.15) is 28.9 Å². The number of aromatic nitrogens is 1. The molecule has 1 fully saturated rings. The molecule has 6 heteroatoms. The lowest BCUT2D eigenvalue weighted by Crippen LogP contribution is -2.45. The van der Waals surface area contributed by atoms with Gasteiger partial charge in [-0.3, -0.25) is 4.79 Å². The van der Waals surface area contributed by atoms with Gasteiger partial charge in [0.1, 0.15) is 5.15 Å². The highest BCUT2D eigenvalue weighted by atomic mass is 35.5. The molecule has 1 amide bonds. The van der Waals surface area contributed by atoms with Gasteiger partial charge in [-0.25, -0.2) is 4.98 Å². The molecule has 0 atom stereocenters. The highest BCUT2D eigenvalue weighted by Gasteiger charge is 2.30. The summed E-state index contributed by atoms with van der Waals surface area (Å²) in [5, 5.41) is 13.5. The van der Waals surface area contributed by atoms with Gasteiger partial charge >= 0.3 is 0 Å². The molecular weight excluding hydrogens is 284 g/mol. The molecule has 1 aliphatic rings. The first-order valence-corrected chi connectivity index (χ1v) is 7.75. The minimum absolute atomic E-state index is 0.215. The van der Waals surface area contributed by atoms with Crippen molar-refractivity contribution in [3.05, 3.63) is 28.5 Å². The largest absolute Gasteiger partial charge is 0.388 e. The predicted octanol–water partition coefficient (Wildman–Crippen LogP) is 2.03. The molecule has 2 N–H and O–H groups in total. The van der Waals surface area contributed by atoms with E-state index in [2.05, 4.69) is 10.3 Å². The first-order chi connectivity index (χ1) is 9.00. The Morgan fingerprint density at radius 2 is 2.21 bits per heavy atom. The van der Waals surface area contributed by atoms with E-state index in [9.17, 15) is 9.90 Å². The lowest BCUT2D eigenvalue weighted by Gasteiger charge is -2.31. The maximum absolute atomic E-state index is 12.1. The number of carbonyl (C=O) groups excluding carboxylic acids is 1. The second kappa shape index (κ2) is 6.11. The van der Waals surface area contributed by atoms with E-state index in [1.807, 2.05) is 11.8 Å². The summed E-state index contributed by atoms with van der Waals surface area (Å²) in [4.78, 5) is 16.1. The number of aliphatic hydroxyl groups is 1. The van der Waals surface area contributed by atoms with Gasteiger partial charge in [0.25, 0.3) is 5.91 Å². The maximum atomic E-state index is 12.1. The first kappa shape index (κ1) is 14.6. The van der Waals surface area contributed by atoms with Crippen LogP contribution in [0, 0.1) is 6.92 Å². The van der Waals surface area contributed by atoms with E-state index in [-0.39, 0.29) is 12.5 Å². The smallest absolute Gasteiger partial charge is 0.253 e. The molecule has 2 heterocycles. The van der Waals surface area contributed by atoms with E-state index in [0.29, 0.717) is 16.4 Å². The summed E-state index contributed by atoms with van der Waals surface area (Å²) < 4.78 is 0. The van der Waals surface area contributed by atoms with Crippen LogP contribution in [0.25, 0.3) is 0 Å². The van der Waals surface area contributed by atoms with Gasteiger partial charge in [-0.2, -0.15) is 11.8 Å². The summed E-state index contributed by atoms with van der Waals surface area (Å²) >= 11 is 7.59. The number of amides is 1. The van der Waals surface area contributed by atoms with E-state index >= 15 is 0 Å². The van der Waals surface area contributed by atoms with Crippen molar-refractivity contribution >= 4 is 29.3 Å². The van der Waals surface area contributed by atoms with E-state index in [0.717, 1.165) is 24.3 Å². The van der Waals surface area contributed by atoms with Crippen LogP contribution in [0.2, 0.25) is 5.15 Å². The molecule has 1 aromatic heterocycles. The number of pyridine rings is 1. The minimum atomic E-state index is -0.769. The van der Waals surface area contributed by atoms with Crippen molar-refractivity contribution in [3.63, 3.8) is 0 Å². The van der Waals surface area contributed by atoms with Crippen molar-refractivity contribution in [1.82, 2.24) is 10.3 Å². The third-order valence-corrected chi connectivity index (χ3v) is 4.49. The molecule has 19 heavy (non-hydrogen) atoms. The number of aryl methyl sites for hydroxylation is 1. The fourth-order valence-corrected chi connectivity index (χ4v) is 3.48. The second-order valence-corrected chi connectivity index (χ2v) is 6.40. The summed E-state index contributed by atoms with van der Waals surface area (Å²) in [6, 6.07) is 3.25. The summed E-state index contributed by atoms with van der Waals surface area (Å²) in [6.07, 6.45) is 1.44. The van der Waals surface area contributed by atoms with Crippen LogP contribution in [-0.4, -0.2) is 39.6 Å². The van der Waals surface area contributed by atoms with Crippen molar-refractivity contribution in [3.8, 4) is 0 Å². The molecule has 0 aliphatic carbocycles. The quantitative estimate of drug-likeness (QED) is 0.839. The van der Waals surface area contributed by atoms with E-state index in [1.165, 1.54) is 0 Å². The second-order valence-electron chi connectivity index (χ2n) is 4.79. The van der Waals surface area contributed by atoms with E-state index < -0.39 is 5.60 Å². The van der Waals surface area contributed by atoms with Crippen LogP contribution >= 0.6 is 23.4 Å². The number of hydrogen-bond donors (Lipinski definition) is 2. The number of nitrogens with zero attached hydrogens (tertiary/aromatic N) is 1. The Bertz CT molecular complexity index is 476. The molecular formula is C13H17ClN2O2S. The SMILES string of the molecule is Cc1nc(Cl)ccc1C(=O)NCC1(O)CCSCC1. The maximum Gasteiger partial charge on any atom is 0.253 e. The topological polar surface area (TPSA) is 62.2 Å². The molecule has 1 saturated heterocycles. The molecule has 4 nitrogen and oxygen atoms in total. The molecule has 104 valence electrons. The Morgan fingerprint density at radius 3 is 2.84 bits per heavy atom. The van der Waals surface area contributed by atoms with Gasteiger partial charge in [0.15, 0.2) is 0 Å².